The lowest BCUT2D eigenvalue weighted by atomic mass is 9.94. The summed E-state index contributed by atoms with van der Waals surface area (Å²) in [6.45, 7) is 7.03. The number of methoxy groups -OCH3 is 1. The molecule has 0 aromatic heterocycles. The molecule has 0 amide bonds. The zero-order valence-corrected chi connectivity index (χ0v) is 15.7. The number of ether oxygens (including phenoxy) is 3. The fourth-order valence-corrected chi connectivity index (χ4v) is 3.24. The average molecular weight is 340 g/mol. The maximum absolute atomic E-state index is 6.31. The zero-order valence-electron chi connectivity index (χ0n) is 15.7. The molecule has 134 valence electrons. The highest BCUT2D eigenvalue weighted by atomic mass is 16.5. The van der Waals surface area contributed by atoms with Crippen LogP contribution in [0.3, 0.4) is 0 Å². The number of fused-ring (bicyclic) bond motifs is 1. The monoisotopic (exact) mass is 340 g/mol. The molecule has 0 N–H and O–H groups in total. The van der Waals surface area contributed by atoms with E-state index in [0.717, 1.165) is 42.7 Å². The first-order valence-corrected chi connectivity index (χ1v) is 9.03. The fraction of sp³-hybridized carbons (Fsp3) is 0.455. The van der Waals surface area contributed by atoms with Gasteiger partial charge in [-0.05, 0) is 64.2 Å². The predicted octanol–water partition coefficient (Wildman–Crippen LogP) is 5.70. The van der Waals surface area contributed by atoms with Gasteiger partial charge in [-0.1, -0.05) is 23.8 Å². The second kappa shape index (κ2) is 7.38. The Bertz CT molecular complexity index is 727. The summed E-state index contributed by atoms with van der Waals surface area (Å²) in [5, 5.41) is 0. The van der Waals surface area contributed by atoms with Crippen molar-refractivity contribution < 1.29 is 14.2 Å². The number of rotatable bonds is 1. The third-order valence-corrected chi connectivity index (χ3v) is 4.87. The lowest BCUT2D eigenvalue weighted by molar-refractivity contribution is 0.128. The van der Waals surface area contributed by atoms with Crippen LogP contribution in [0.1, 0.15) is 52.0 Å². The van der Waals surface area contributed by atoms with Gasteiger partial charge in [0.2, 0.25) is 0 Å². The van der Waals surface area contributed by atoms with E-state index in [9.17, 15) is 0 Å². The van der Waals surface area contributed by atoms with Gasteiger partial charge in [0.15, 0.2) is 11.5 Å². The first kappa shape index (κ1) is 17.7. The third kappa shape index (κ3) is 4.28. The van der Waals surface area contributed by atoms with Crippen LogP contribution < -0.4 is 14.2 Å². The van der Waals surface area contributed by atoms with Crippen molar-refractivity contribution in [2.45, 2.75) is 52.1 Å². The highest BCUT2D eigenvalue weighted by Gasteiger charge is 2.28. The molecule has 1 aromatic carbocycles. The van der Waals surface area contributed by atoms with Crippen molar-refractivity contribution in [1.82, 2.24) is 0 Å². The van der Waals surface area contributed by atoms with Crippen molar-refractivity contribution in [3.8, 4) is 17.2 Å². The summed E-state index contributed by atoms with van der Waals surface area (Å²) < 4.78 is 17.8. The van der Waals surface area contributed by atoms with Gasteiger partial charge in [-0.15, -0.1) is 0 Å². The standard InChI is InChI=1S/C22H28O3/c1-16-7-5-8-17(2)15-24-21-13-18-10-12-22(3,11-6-9-16)25-19(18)14-20(21)23-4/h8-10,12-14H,5-7,11,15H2,1-4H3/b16-9+,17-8+/t22-/m1/s1. The second-order valence-corrected chi connectivity index (χ2v) is 7.26. The topological polar surface area (TPSA) is 27.7 Å². The minimum atomic E-state index is -0.287. The van der Waals surface area contributed by atoms with E-state index < -0.39 is 0 Å². The van der Waals surface area contributed by atoms with E-state index in [2.05, 4.69) is 45.1 Å². The summed E-state index contributed by atoms with van der Waals surface area (Å²) in [6.07, 6.45) is 13.0. The van der Waals surface area contributed by atoms with Crippen LogP contribution in [0.25, 0.3) is 6.08 Å². The van der Waals surface area contributed by atoms with E-state index >= 15 is 0 Å². The van der Waals surface area contributed by atoms with Crippen LogP contribution in [0, 0.1) is 0 Å². The molecular weight excluding hydrogens is 312 g/mol. The summed E-state index contributed by atoms with van der Waals surface area (Å²) in [7, 11) is 1.67. The summed E-state index contributed by atoms with van der Waals surface area (Å²) in [5.41, 5.74) is 3.42. The number of benzene rings is 1. The lowest BCUT2D eigenvalue weighted by Crippen LogP contribution is -2.31. The number of allylic oxidation sites excluding steroid dienone is 3. The van der Waals surface area contributed by atoms with Crippen molar-refractivity contribution in [3.05, 3.63) is 47.1 Å². The van der Waals surface area contributed by atoms with Crippen LogP contribution in [-0.2, 0) is 0 Å². The largest absolute Gasteiger partial charge is 0.493 e. The molecule has 0 spiro atoms. The Labute approximate surface area is 151 Å². The van der Waals surface area contributed by atoms with Gasteiger partial charge >= 0.3 is 0 Å². The first-order chi connectivity index (χ1) is 12.0. The zero-order chi connectivity index (χ0) is 17.9. The van der Waals surface area contributed by atoms with Crippen molar-refractivity contribution in [3.63, 3.8) is 0 Å². The van der Waals surface area contributed by atoms with Gasteiger partial charge < -0.3 is 14.2 Å². The van der Waals surface area contributed by atoms with Gasteiger partial charge in [-0.2, -0.15) is 0 Å². The molecule has 0 saturated heterocycles. The molecule has 4 heterocycles. The van der Waals surface area contributed by atoms with E-state index in [1.54, 1.807) is 7.11 Å². The maximum Gasteiger partial charge on any atom is 0.164 e. The van der Waals surface area contributed by atoms with Crippen LogP contribution in [0.4, 0.5) is 0 Å². The maximum atomic E-state index is 6.31. The molecule has 4 aliphatic rings. The van der Waals surface area contributed by atoms with Crippen LogP contribution in [0.5, 0.6) is 17.2 Å². The van der Waals surface area contributed by atoms with Crippen molar-refractivity contribution in [1.29, 1.82) is 0 Å². The van der Waals surface area contributed by atoms with Crippen molar-refractivity contribution in [2.24, 2.45) is 0 Å². The molecule has 0 saturated carbocycles. The van der Waals surface area contributed by atoms with E-state index in [-0.39, 0.29) is 5.60 Å². The smallest absolute Gasteiger partial charge is 0.164 e. The highest BCUT2D eigenvalue weighted by molar-refractivity contribution is 5.66. The van der Waals surface area contributed by atoms with E-state index in [0.29, 0.717) is 12.4 Å². The Morgan fingerprint density at radius 1 is 1.04 bits per heavy atom. The van der Waals surface area contributed by atoms with Gasteiger partial charge in [0.25, 0.3) is 0 Å². The molecule has 5 rings (SSSR count). The summed E-state index contributed by atoms with van der Waals surface area (Å²) in [5.74, 6) is 2.33. The van der Waals surface area contributed by atoms with Gasteiger partial charge in [0, 0.05) is 11.6 Å². The van der Waals surface area contributed by atoms with Crippen LogP contribution in [-0.4, -0.2) is 19.3 Å². The number of hydrogen-bond acceptors (Lipinski definition) is 3. The molecular formula is C22H28O3. The Balaban J connectivity index is 1.96. The first-order valence-electron chi connectivity index (χ1n) is 9.03. The Morgan fingerprint density at radius 2 is 1.84 bits per heavy atom. The van der Waals surface area contributed by atoms with E-state index in [1.807, 2.05) is 12.1 Å². The lowest BCUT2D eigenvalue weighted by Gasteiger charge is -2.32. The molecule has 3 nitrogen and oxygen atoms in total. The third-order valence-electron chi connectivity index (χ3n) is 4.87. The van der Waals surface area contributed by atoms with Crippen LogP contribution >= 0.6 is 0 Å². The predicted molar refractivity (Wildman–Crippen MR) is 103 cm³/mol. The quantitative estimate of drug-likeness (QED) is 0.613. The molecule has 1 atom stereocenters. The molecule has 1 aromatic rings. The van der Waals surface area contributed by atoms with E-state index in [1.165, 1.54) is 11.1 Å². The number of hydrogen-bond donors (Lipinski definition) is 0. The van der Waals surface area contributed by atoms with Gasteiger partial charge in [0.05, 0.1) is 7.11 Å². The molecule has 0 fully saturated rings. The second-order valence-electron chi connectivity index (χ2n) is 7.26. The van der Waals surface area contributed by atoms with Gasteiger partial charge in [-0.3, -0.25) is 0 Å². The van der Waals surface area contributed by atoms with Crippen LogP contribution in [0.15, 0.2) is 41.5 Å². The Kier molecular flexibility index (Phi) is 5.22. The molecule has 4 bridgehead atoms. The SMILES string of the molecule is COc1cc2c3cc1OC/C(C)=C/CC/C(C)=C/CC[C@](C)(C=C3)O2. The normalized spacial score (nSPS) is 27.7. The highest BCUT2D eigenvalue weighted by Crippen LogP contribution is 2.41. The molecule has 25 heavy (non-hydrogen) atoms. The van der Waals surface area contributed by atoms with Crippen LogP contribution in [0.2, 0.25) is 0 Å². The van der Waals surface area contributed by atoms with Gasteiger partial charge in [0.1, 0.15) is 18.0 Å². The molecule has 3 heteroatoms. The van der Waals surface area contributed by atoms with Crippen molar-refractivity contribution >= 4 is 6.08 Å². The van der Waals surface area contributed by atoms with Gasteiger partial charge in [-0.25, -0.2) is 0 Å². The molecule has 0 unspecified atom stereocenters. The van der Waals surface area contributed by atoms with Crippen molar-refractivity contribution in [2.75, 3.05) is 13.7 Å². The average Bonchev–Trinajstić information content (AvgIpc) is 2.58. The fourth-order valence-electron chi connectivity index (χ4n) is 3.24. The summed E-state index contributed by atoms with van der Waals surface area (Å²) >= 11 is 0. The molecule has 0 aliphatic carbocycles. The summed E-state index contributed by atoms with van der Waals surface area (Å²) in [4.78, 5) is 0. The molecule has 0 radical (unpaired) electrons. The minimum Gasteiger partial charge on any atom is -0.493 e. The minimum absolute atomic E-state index is 0.287. The molecule has 4 aliphatic heterocycles. The Hall–Kier alpha value is -2.16. The Morgan fingerprint density at radius 3 is 2.64 bits per heavy atom. The summed E-state index contributed by atoms with van der Waals surface area (Å²) in [6, 6.07) is 3.95. The van der Waals surface area contributed by atoms with E-state index in [4.69, 9.17) is 14.2 Å².